The Labute approximate surface area is 118 Å². The van der Waals surface area contributed by atoms with Gasteiger partial charge in [-0.1, -0.05) is 36.4 Å². The highest BCUT2D eigenvalue weighted by Crippen LogP contribution is 2.34. The van der Waals surface area contributed by atoms with Crippen LogP contribution in [-0.4, -0.2) is 19.7 Å². The Morgan fingerprint density at radius 2 is 1.70 bits per heavy atom. The van der Waals surface area contributed by atoms with E-state index in [1.54, 1.807) is 6.07 Å². The molecule has 1 heterocycles. The summed E-state index contributed by atoms with van der Waals surface area (Å²) in [7, 11) is 0. The number of benzene rings is 2. The van der Waals surface area contributed by atoms with Crippen molar-refractivity contribution >= 4 is 0 Å². The summed E-state index contributed by atoms with van der Waals surface area (Å²) < 4.78 is 19.7. The van der Waals surface area contributed by atoms with E-state index in [4.69, 9.17) is 4.74 Å². The largest absolute Gasteiger partial charge is 0.494 e. The first kappa shape index (κ1) is 13.1. The zero-order chi connectivity index (χ0) is 13.8. The number of halogens is 1. The molecule has 0 amide bonds. The number of para-hydroxylation sites is 1. The maximum Gasteiger partial charge on any atom is 0.127 e. The summed E-state index contributed by atoms with van der Waals surface area (Å²) in [6.07, 6.45) is 0.815. The van der Waals surface area contributed by atoms with Crippen LogP contribution in [-0.2, 0) is 5.41 Å². The normalized spacial score (nSPS) is 16.4. The minimum atomic E-state index is -0.125. The molecular weight excluding hydrogens is 253 g/mol. The van der Waals surface area contributed by atoms with E-state index in [9.17, 15) is 4.39 Å². The summed E-state index contributed by atoms with van der Waals surface area (Å²) in [5, 5.41) is 3.25. The lowest BCUT2D eigenvalue weighted by Crippen LogP contribution is -2.57. The van der Waals surface area contributed by atoms with Gasteiger partial charge >= 0.3 is 0 Å². The fourth-order valence-electron chi connectivity index (χ4n) is 2.70. The number of rotatable bonds is 5. The van der Waals surface area contributed by atoms with Crippen LogP contribution in [0.2, 0.25) is 0 Å². The van der Waals surface area contributed by atoms with E-state index in [2.05, 4.69) is 5.32 Å². The van der Waals surface area contributed by atoms with Crippen molar-refractivity contribution in [3.05, 3.63) is 66.0 Å². The molecule has 2 nitrogen and oxygen atoms in total. The van der Waals surface area contributed by atoms with Crippen molar-refractivity contribution in [2.24, 2.45) is 0 Å². The molecule has 0 aromatic heterocycles. The molecule has 0 atom stereocenters. The van der Waals surface area contributed by atoms with Crippen molar-refractivity contribution in [2.75, 3.05) is 19.7 Å². The summed E-state index contributed by atoms with van der Waals surface area (Å²) in [6, 6.07) is 16.8. The van der Waals surface area contributed by atoms with Gasteiger partial charge in [-0.25, -0.2) is 4.39 Å². The van der Waals surface area contributed by atoms with Gasteiger partial charge in [0.15, 0.2) is 0 Å². The summed E-state index contributed by atoms with van der Waals surface area (Å²) in [4.78, 5) is 0. The average molecular weight is 271 g/mol. The molecule has 0 aliphatic carbocycles. The Morgan fingerprint density at radius 1 is 1.00 bits per heavy atom. The highest BCUT2D eigenvalue weighted by molar-refractivity contribution is 5.31. The van der Waals surface area contributed by atoms with Gasteiger partial charge in [-0.05, 0) is 30.2 Å². The van der Waals surface area contributed by atoms with Crippen LogP contribution in [0.3, 0.4) is 0 Å². The molecular formula is C17H18FNO. The summed E-state index contributed by atoms with van der Waals surface area (Å²) >= 11 is 0. The van der Waals surface area contributed by atoms with E-state index in [0.717, 1.165) is 30.8 Å². The zero-order valence-corrected chi connectivity index (χ0v) is 11.3. The second kappa shape index (κ2) is 5.63. The molecule has 0 spiro atoms. The van der Waals surface area contributed by atoms with Gasteiger partial charge in [0.05, 0.1) is 6.61 Å². The van der Waals surface area contributed by atoms with Crippen LogP contribution in [0.15, 0.2) is 54.6 Å². The van der Waals surface area contributed by atoms with Gasteiger partial charge in [0, 0.05) is 18.5 Å². The van der Waals surface area contributed by atoms with Crippen LogP contribution in [0.1, 0.15) is 12.0 Å². The van der Waals surface area contributed by atoms with Crippen molar-refractivity contribution in [2.45, 2.75) is 11.8 Å². The Kier molecular flexibility index (Phi) is 3.70. The van der Waals surface area contributed by atoms with Gasteiger partial charge in [-0.2, -0.15) is 0 Å². The summed E-state index contributed by atoms with van der Waals surface area (Å²) in [6.45, 7) is 2.22. The molecule has 2 aromatic carbocycles. The summed E-state index contributed by atoms with van der Waals surface area (Å²) in [5.74, 6) is 0.747. The Bertz CT molecular complexity index is 566. The van der Waals surface area contributed by atoms with Crippen molar-refractivity contribution in [1.29, 1.82) is 0 Å². The quantitative estimate of drug-likeness (QED) is 0.902. The number of hydrogen-bond acceptors (Lipinski definition) is 2. The Morgan fingerprint density at radius 3 is 2.35 bits per heavy atom. The molecule has 0 radical (unpaired) electrons. The third-order valence-corrected chi connectivity index (χ3v) is 3.96. The number of hydrogen-bond donors (Lipinski definition) is 1. The van der Waals surface area contributed by atoms with E-state index >= 15 is 0 Å². The summed E-state index contributed by atoms with van der Waals surface area (Å²) in [5.41, 5.74) is 0.676. The molecule has 1 aliphatic heterocycles. The highest BCUT2D eigenvalue weighted by Gasteiger charge is 2.40. The molecule has 3 heteroatoms. The van der Waals surface area contributed by atoms with Crippen LogP contribution in [0.25, 0.3) is 0 Å². The zero-order valence-electron chi connectivity index (χ0n) is 11.3. The maximum atomic E-state index is 14.0. The van der Waals surface area contributed by atoms with Crippen LogP contribution in [0.4, 0.5) is 4.39 Å². The van der Waals surface area contributed by atoms with Crippen molar-refractivity contribution < 1.29 is 9.13 Å². The first-order valence-corrected chi connectivity index (χ1v) is 6.94. The molecule has 1 aliphatic rings. The average Bonchev–Trinajstić information content (AvgIpc) is 2.44. The van der Waals surface area contributed by atoms with Gasteiger partial charge in [0.25, 0.3) is 0 Å². The van der Waals surface area contributed by atoms with Gasteiger partial charge in [-0.15, -0.1) is 0 Å². The fraction of sp³-hybridized carbons (Fsp3) is 0.294. The van der Waals surface area contributed by atoms with E-state index in [-0.39, 0.29) is 11.2 Å². The van der Waals surface area contributed by atoms with Gasteiger partial charge in [-0.3, -0.25) is 0 Å². The molecule has 0 bridgehead atoms. The smallest absolute Gasteiger partial charge is 0.127 e. The Balaban J connectivity index is 1.67. The monoisotopic (exact) mass is 271 g/mol. The lowest BCUT2D eigenvalue weighted by atomic mass is 9.72. The molecule has 1 N–H and O–H groups in total. The minimum absolute atomic E-state index is 0.117. The van der Waals surface area contributed by atoms with Crippen molar-refractivity contribution in [3.8, 4) is 5.75 Å². The third-order valence-electron chi connectivity index (χ3n) is 3.96. The van der Waals surface area contributed by atoms with Crippen molar-refractivity contribution in [3.63, 3.8) is 0 Å². The molecule has 104 valence electrons. The van der Waals surface area contributed by atoms with Gasteiger partial charge in [0.1, 0.15) is 11.6 Å². The molecule has 1 fully saturated rings. The third kappa shape index (κ3) is 2.54. The van der Waals surface area contributed by atoms with Crippen LogP contribution < -0.4 is 10.1 Å². The molecule has 2 aromatic rings. The predicted molar refractivity (Wildman–Crippen MR) is 77.5 cm³/mol. The van der Waals surface area contributed by atoms with Gasteiger partial charge in [0.2, 0.25) is 0 Å². The number of ether oxygens (including phenoxy) is 1. The van der Waals surface area contributed by atoms with E-state index in [1.165, 1.54) is 6.07 Å². The molecule has 3 rings (SSSR count). The second-order valence-corrected chi connectivity index (χ2v) is 5.28. The number of nitrogens with one attached hydrogen (secondary N) is 1. The SMILES string of the molecule is Fc1ccccc1C1(CCOc2ccccc2)CNC1. The Hall–Kier alpha value is -1.87. The molecule has 20 heavy (non-hydrogen) atoms. The first-order valence-electron chi connectivity index (χ1n) is 6.94. The lowest BCUT2D eigenvalue weighted by molar-refractivity contribution is 0.195. The van der Waals surface area contributed by atoms with Crippen LogP contribution >= 0.6 is 0 Å². The highest BCUT2D eigenvalue weighted by atomic mass is 19.1. The molecule has 0 saturated carbocycles. The van der Waals surface area contributed by atoms with E-state index in [1.807, 2.05) is 42.5 Å². The fourth-order valence-corrected chi connectivity index (χ4v) is 2.70. The first-order chi connectivity index (χ1) is 9.80. The van der Waals surface area contributed by atoms with Crippen molar-refractivity contribution in [1.82, 2.24) is 5.32 Å². The molecule has 1 saturated heterocycles. The topological polar surface area (TPSA) is 21.3 Å². The minimum Gasteiger partial charge on any atom is -0.494 e. The lowest BCUT2D eigenvalue weighted by Gasteiger charge is -2.43. The molecule has 0 unspecified atom stereocenters. The second-order valence-electron chi connectivity index (χ2n) is 5.28. The predicted octanol–water partition coefficient (Wildman–Crippen LogP) is 3.14. The van der Waals surface area contributed by atoms with Crippen LogP contribution in [0.5, 0.6) is 5.75 Å². The standard InChI is InChI=1S/C17H18FNO/c18-16-9-5-4-8-15(16)17(12-19-13-17)10-11-20-14-6-2-1-3-7-14/h1-9,19H,10-13H2. The van der Waals surface area contributed by atoms with E-state index < -0.39 is 0 Å². The maximum absolute atomic E-state index is 14.0. The van der Waals surface area contributed by atoms with Crippen LogP contribution in [0, 0.1) is 5.82 Å². The van der Waals surface area contributed by atoms with Gasteiger partial charge < -0.3 is 10.1 Å². The van der Waals surface area contributed by atoms with E-state index in [0.29, 0.717) is 6.61 Å².